The topological polar surface area (TPSA) is 72.8 Å². The minimum Gasteiger partial charge on any atom is -0.463 e. The summed E-state index contributed by atoms with van der Waals surface area (Å²) in [6.07, 6.45) is 48.8. The van der Waals surface area contributed by atoms with Gasteiger partial charge < -0.3 is 14.6 Å². The highest BCUT2D eigenvalue weighted by molar-refractivity contribution is 5.69. The third kappa shape index (κ3) is 38.3. The molecule has 5 heteroatoms. The molecule has 0 aromatic heterocycles. The largest absolute Gasteiger partial charge is 0.463 e. The quantitative estimate of drug-likeness (QED) is 0.0407. The predicted octanol–water partition coefficient (Wildman–Crippen LogP) is 12.6. The van der Waals surface area contributed by atoms with Crippen molar-refractivity contribution in [2.75, 3.05) is 13.2 Å². The monoisotopic (exact) mass is 673 g/mol. The fraction of sp³-hybridized carbons (Fsp3) is 0.767. The molecule has 278 valence electrons. The van der Waals surface area contributed by atoms with Gasteiger partial charge in [0.2, 0.25) is 0 Å². The third-order valence-corrected chi connectivity index (χ3v) is 8.54. The average Bonchev–Trinajstić information content (AvgIpc) is 3.09. The number of hydrogen-bond acceptors (Lipinski definition) is 5. The minimum atomic E-state index is -0.986. The fourth-order valence-electron chi connectivity index (χ4n) is 5.45. The van der Waals surface area contributed by atoms with Gasteiger partial charge in [-0.15, -0.1) is 0 Å². The van der Waals surface area contributed by atoms with Crippen molar-refractivity contribution in [2.24, 2.45) is 0 Å². The molecule has 0 bridgehead atoms. The number of aliphatic hydroxyl groups is 1. The lowest BCUT2D eigenvalue weighted by atomic mass is 10.1. The first-order chi connectivity index (χ1) is 23.6. The van der Waals surface area contributed by atoms with Gasteiger partial charge in [0.25, 0.3) is 0 Å². The Labute approximate surface area is 297 Å². The molecule has 0 heterocycles. The van der Waals surface area contributed by atoms with Gasteiger partial charge in [-0.25, -0.2) is 0 Å². The molecule has 0 radical (unpaired) electrons. The average molecular weight is 673 g/mol. The summed E-state index contributed by atoms with van der Waals surface area (Å²) in [7, 11) is 0. The van der Waals surface area contributed by atoms with Crippen molar-refractivity contribution in [1.29, 1.82) is 0 Å². The van der Waals surface area contributed by atoms with Crippen molar-refractivity contribution in [1.82, 2.24) is 0 Å². The SMILES string of the molecule is CCCCCCCC/C=C\C/C=C\C/C=C\CCCC(=O)OC[C@H](O)COC(=O)CCCCCCCCC/C=C\CCCCCCCC. The summed E-state index contributed by atoms with van der Waals surface area (Å²) >= 11 is 0. The molecule has 48 heavy (non-hydrogen) atoms. The first-order valence-electron chi connectivity index (χ1n) is 20.2. The fourth-order valence-corrected chi connectivity index (χ4v) is 5.45. The van der Waals surface area contributed by atoms with Crippen molar-refractivity contribution in [2.45, 2.75) is 200 Å². The van der Waals surface area contributed by atoms with Crippen LogP contribution in [-0.4, -0.2) is 36.4 Å². The Kier molecular flexibility index (Phi) is 37.5. The molecule has 1 atom stereocenters. The van der Waals surface area contributed by atoms with Gasteiger partial charge in [-0.3, -0.25) is 9.59 Å². The summed E-state index contributed by atoms with van der Waals surface area (Å²) in [6.45, 7) is 4.24. The summed E-state index contributed by atoms with van der Waals surface area (Å²) in [6, 6.07) is 0. The Morgan fingerprint density at radius 3 is 1.19 bits per heavy atom. The molecular weight excluding hydrogens is 596 g/mol. The van der Waals surface area contributed by atoms with Gasteiger partial charge in [-0.2, -0.15) is 0 Å². The zero-order valence-electron chi connectivity index (χ0n) is 31.5. The van der Waals surface area contributed by atoms with E-state index in [1.165, 1.54) is 122 Å². The van der Waals surface area contributed by atoms with E-state index in [1.807, 2.05) is 0 Å². The molecule has 0 saturated heterocycles. The maximum absolute atomic E-state index is 12.0. The van der Waals surface area contributed by atoms with E-state index in [4.69, 9.17) is 9.47 Å². The van der Waals surface area contributed by atoms with Crippen LogP contribution in [0.15, 0.2) is 48.6 Å². The summed E-state index contributed by atoms with van der Waals surface area (Å²) < 4.78 is 10.3. The number of ether oxygens (including phenoxy) is 2. The highest BCUT2D eigenvalue weighted by Gasteiger charge is 2.12. The van der Waals surface area contributed by atoms with Gasteiger partial charge in [-0.1, -0.05) is 159 Å². The first-order valence-corrected chi connectivity index (χ1v) is 20.2. The molecule has 0 aromatic rings. The second-order valence-electron chi connectivity index (χ2n) is 13.4. The van der Waals surface area contributed by atoms with E-state index in [9.17, 15) is 14.7 Å². The number of carbonyl (C=O) groups is 2. The normalized spacial score (nSPS) is 12.6. The van der Waals surface area contributed by atoms with Gasteiger partial charge in [0.15, 0.2) is 0 Å². The van der Waals surface area contributed by atoms with Crippen molar-refractivity contribution in [3.8, 4) is 0 Å². The van der Waals surface area contributed by atoms with Crippen LogP contribution in [0.2, 0.25) is 0 Å². The summed E-state index contributed by atoms with van der Waals surface area (Å²) in [5.41, 5.74) is 0. The van der Waals surface area contributed by atoms with Crippen LogP contribution in [-0.2, 0) is 19.1 Å². The van der Waals surface area contributed by atoms with Gasteiger partial charge in [-0.05, 0) is 70.6 Å². The van der Waals surface area contributed by atoms with Crippen molar-refractivity contribution >= 4 is 11.9 Å². The molecule has 0 aliphatic rings. The van der Waals surface area contributed by atoms with E-state index in [-0.39, 0.29) is 25.2 Å². The van der Waals surface area contributed by atoms with Crippen LogP contribution in [0.4, 0.5) is 0 Å². The van der Waals surface area contributed by atoms with Crippen LogP contribution in [0.5, 0.6) is 0 Å². The van der Waals surface area contributed by atoms with Gasteiger partial charge in [0, 0.05) is 12.8 Å². The summed E-state index contributed by atoms with van der Waals surface area (Å²) in [4.78, 5) is 23.9. The van der Waals surface area contributed by atoms with Crippen LogP contribution in [0.25, 0.3) is 0 Å². The Balaban J connectivity index is 3.52. The maximum Gasteiger partial charge on any atom is 0.305 e. The second kappa shape index (κ2) is 39.3. The molecule has 0 aliphatic carbocycles. The third-order valence-electron chi connectivity index (χ3n) is 8.54. The van der Waals surface area contributed by atoms with Gasteiger partial charge in [0.05, 0.1) is 0 Å². The molecule has 1 N–H and O–H groups in total. The van der Waals surface area contributed by atoms with E-state index in [1.54, 1.807) is 0 Å². The van der Waals surface area contributed by atoms with Crippen LogP contribution in [0.3, 0.4) is 0 Å². The zero-order chi connectivity index (χ0) is 35.0. The van der Waals surface area contributed by atoms with Crippen LogP contribution < -0.4 is 0 Å². The lowest BCUT2D eigenvalue weighted by molar-refractivity contribution is -0.152. The number of esters is 2. The number of aliphatic hydroxyl groups excluding tert-OH is 1. The molecule has 0 unspecified atom stereocenters. The number of carbonyl (C=O) groups excluding carboxylic acids is 2. The first kappa shape index (κ1) is 45.9. The van der Waals surface area contributed by atoms with Gasteiger partial charge in [0.1, 0.15) is 19.3 Å². The Morgan fingerprint density at radius 1 is 0.438 bits per heavy atom. The van der Waals surface area contributed by atoms with E-state index in [2.05, 4.69) is 62.5 Å². The highest BCUT2D eigenvalue weighted by atomic mass is 16.6. The molecule has 0 aliphatic heterocycles. The van der Waals surface area contributed by atoms with Crippen molar-refractivity contribution in [3.05, 3.63) is 48.6 Å². The summed E-state index contributed by atoms with van der Waals surface area (Å²) in [5.74, 6) is -0.629. The van der Waals surface area contributed by atoms with E-state index >= 15 is 0 Å². The van der Waals surface area contributed by atoms with Crippen LogP contribution >= 0.6 is 0 Å². The zero-order valence-corrected chi connectivity index (χ0v) is 31.5. The van der Waals surface area contributed by atoms with E-state index < -0.39 is 6.10 Å². The van der Waals surface area contributed by atoms with Crippen molar-refractivity contribution < 1.29 is 24.2 Å². The molecule has 0 fully saturated rings. The molecule has 0 rings (SSSR count). The molecule has 0 spiro atoms. The van der Waals surface area contributed by atoms with Gasteiger partial charge >= 0.3 is 11.9 Å². The Bertz CT molecular complexity index is 812. The molecular formula is C43H76O5. The maximum atomic E-state index is 12.0. The minimum absolute atomic E-state index is 0.134. The lowest BCUT2D eigenvalue weighted by Crippen LogP contribution is -2.25. The molecule has 5 nitrogen and oxygen atoms in total. The van der Waals surface area contributed by atoms with Crippen LogP contribution in [0.1, 0.15) is 194 Å². The number of unbranched alkanes of at least 4 members (excludes halogenated alkanes) is 20. The standard InChI is InChI=1S/C43H76O5/c1-3-5-7-9-11-13-15-17-19-21-23-25-27-29-31-33-35-37-42(45)47-39-41(44)40-48-43(46)38-36-34-32-30-28-26-24-22-20-18-16-14-12-10-8-6-4-2/h17-20,23,25,29,31,41,44H,3-16,21-22,24,26-28,30,32-40H2,1-2H3/b19-17-,20-18-,25-23-,31-29-/t41-/m0/s1. The number of hydrogen-bond donors (Lipinski definition) is 1. The van der Waals surface area contributed by atoms with E-state index in [0.29, 0.717) is 19.3 Å². The predicted molar refractivity (Wildman–Crippen MR) is 205 cm³/mol. The lowest BCUT2D eigenvalue weighted by Gasteiger charge is -2.12. The number of allylic oxidation sites excluding steroid dienone is 8. The second-order valence-corrected chi connectivity index (χ2v) is 13.4. The Hall–Kier alpha value is -2.14. The van der Waals surface area contributed by atoms with E-state index in [0.717, 1.165) is 38.5 Å². The highest BCUT2D eigenvalue weighted by Crippen LogP contribution is 2.12. The smallest absolute Gasteiger partial charge is 0.305 e. The molecule has 0 aromatic carbocycles. The molecule has 0 amide bonds. The number of rotatable bonds is 36. The molecule has 0 saturated carbocycles. The van der Waals surface area contributed by atoms with Crippen molar-refractivity contribution in [3.63, 3.8) is 0 Å². The van der Waals surface area contributed by atoms with Crippen LogP contribution in [0, 0.1) is 0 Å². The summed E-state index contributed by atoms with van der Waals surface area (Å²) in [5, 5.41) is 10.0. The Morgan fingerprint density at radius 2 is 0.750 bits per heavy atom.